The van der Waals surface area contributed by atoms with Gasteiger partial charge in [0.1, 0.15) is 17.2 Å². The van der Waals surface area contributed by atoms with Crippen molar-refractivity contribution in [1.82, 2.24) is 0 Å². The minimum absolute atomic E-state index is 0.220. The molecule has 6 heteroatoms. The highest BCUT2D eigenvalue weighted by Crippen LogP contribution is 2.27. The van der Waals surface area contributed by atoms with E-state index in [0.717, 1.165) is 5.56 Å². The smallest absolute Gasteiger partial charge is 0.424 e. The first-order valence-corrected chi connectivity index (χ1v) is 11.3. The third-order valence-corrected chi connectivity index (χ3v) is 5.40. The molecule has 0 bridgehead atoms. The lowest BCUT2D eigenvalue weighted by molar-refractivity contribution is 0.104. The number of carbonyl (C=O) groups excluding carboxylic acids is 2. The summed E-state index contributed by atoms with van der Waals surface area (Å²) in [5.41, 5.74) is 2.56. The zero-order chi connectivity index (χ0) is 25.3. The van der Waals surface area contributed by atoms with Gasteiger partial charge in [0.25, 0.3) is 0 Å². The fourth-order valence-corrected chi connectivity index (χ4v) is 3.58. The summed E-state index contributed by atoms with van der Waals surface area (Å²) in [5.74, 6) is 1.20. The molecule has 0 radical (unpaired) electrons. The number of ketones is 1. The van der Waals surface area contributed by atoms with E-state index in [4.69, 9.17) is 14.2 Å². The number of rotatable bonds is 8. The normalized spacial score (nSPS) is 10.6. The van der Waals surface area contributed by atoms with Gasteiger partial charge in [-0.3, -0.25) is 4.79 Å². The van der Waals surface area contributed by atoms with E-state index < -0.39 is 6.09 Å². The van der Waals surface area contributed by atoms with Crippen LogP contribution in [0.4, 0.5) is 16.2 Å². The summed E-state index contributed by atoms with van der Waals surface area (Å²) in [6.07, 6.45) is 2.62. The number of benzene rings is 4. The molecule has 0 heterocycles. The second kappa shape index (κ2) is 11.5. The van der Waals surface area contributed by atoms with E-state index >= 15 is 0 Å². The summed E-state index contributed by atoms with van der Waals surface area (Å²) in [7, 11) is 3.05. The fraction of sp³-hybridized carbons (Fsp3) is 0.0667. The molecular weight excluding hydrogens is 454 g/mol. The maximum absolute atomic E-state index is 13.1. The minimum atomic E-state index is -0.531. The van der Waals surface area contributed by atoms with Crippen molar-refractivity contribution >= 4 is 29.3 Å². The molecule has 0 unspecified atom stereocenters. The molecule has 0 aliphatic rings. The third-order valence-electron chi connectivity index (χ3n) is 5.40. The maximum Gasteiger partial charge on any atom is 0.424 e. The molecule has 0 aromatic heterocycles. The van der Waals surface area contributed by atoms with Crippen LogP contribution in [0.2, 0.25) is 0 Å². The predicted octanol–water partition coefficient (Wildman–Crippen LogP) is 6.94. The predicted molar refractivity (Wildman–Crippen MR) is 140 cm³/mol. The van der Waals surface area contributed by atoms with E-state index in [2.05, 4.69) is 0 Å². The molecule has 0 fully saturated rings. The second-order valence-corrected chi connectivity index (χ2v) is 7.71. The highest BCUT2D eigenvalue weighted by atomic mass is 16.6. The van der Waals surface area contributed by atoms with Crippen LogP contribution in [0.3, 0.4) is 0 Å². The Labute approximate surface area is 210 Å². The van der Waals surface area contributed by atoms with Crippen molar-refractivity contribution in [3.63, 3.8) is 0 Å². The van der Waals surface area contributed by atoms with Crippen molar-refractivity contribution in [2.75, 3.05) is 19.1 Å². The van der Waals surface area contributed by atoms with Crippen LogP contribution < -0.4 is 19.1 Å². The lowest BCUT2D eigenvalue weighted by Gasteiger charge is -2.22. The van der Waals surface area contributed by atoms with E-state index in [1.54, 1.807) is 55.7 Å². The Morgan fingerprint density at radius 3 is 1.83 bits per heavy atom. The van der Waals surface area contributed by atoms with Crippen LogP contribution in [0, 0.1) is 0 Å². The van der Waals surface area contributed by atoms with Crippen LogP contribution in [0.5, 0.6) is 17.2 Å². The van der Waals surface area contributed by atoms with Gasteiger partial charge in [0.2, 0.25) is 0 Å². The van der Waals surface area contributed by atoms with Crippen molar-refractivity contribution in [1.29, 1.82) is 0 Å². The molecule has 0 atom stereocenters. The Hall–Kier alpha value is -4.84. The zero-order valence-corrected chi connectivity index (χ0v) is 20.0. The van der Waals surface area contributed by atoms with Crippen molar-refractivity contribution in [2.24, 2.45) is 0 Å². The number of allylic oxidation sites excluding steroid dienone is 1. The highest BCUT2D eigenvalue weighted by molar-refractivity contribution is 6.09. The second-order valence-electron chi connectivity index (χ2n) is 7.71. The van der Waals surface area contributed by atoms with Gasteiger partial charge in [-0.05, 0) is 66.2 Å². The Morgan fingerprint density at radius 1 is 0.694 bits per heavy atom. The molecule has 4 rings (SSSR count). The molecule has 0 saturated heterocycles. The average Bonchev–Trinajstić information content (AvgIpc) is 2.93. The van der Waals surface area contributed by atoms with E-state index in [1.807, 2.05) is 60.7 Å². The lowest BCUT2D eigenvalue weighted by Crippen LogP contribution is -2.29. The first-order valence-electron chi connectivity index (χ1n) is 11.3. The molecule has 4 aromatic rings. The Bertz CT molecular complexity index is 1310. The Morgan fingerprint density at radius 2 is 1.28 bits per heavy atom. The summed E-state index contributed by atoms with van der Waals surface area (Å²) in [6.45, 7) is 0. The van der Waals surface area contributed by atoms with Crippen molar-refractivity contribution < 1.29 is 23.8 Å². The third kappa shape index (κ3) is 5.80. The van der Waals surface area contributed by atoms with Crippen molar-refractivity contribution in [3.05, 3.63) is 120 Å². The summed E-state index contributed by atoms with van der Waals surface area (Å²) in [6, 6.07) is 30.6. The highest BCUT2D eigenvalue weighted by Gasteiger charge is 2.20. The number of nitrogens with zero attached hydrogens (tertiary/aromatic N) is 1. The van der Waals surface area contributed by atoms with E-state index in [9.17, 15) is 9.59 Å². The largest absolute Gasteiger partial charge is 0.497 e. The molecule has 4 aromatic carbocycles. The number of anilines is 2. The molecule has 0 spiro atoms. The van der Waals surface area contributed by atoms with Gasteiger partial charge in [-0.25, -0.2) is 9.69 Å². The van der Waals surface area contributed by atoms with Gasteiger partial charge in [-0.2, -0.15) is 0 Å². The number of hydrogen-bond donors (Lipinski definition) is 0. The number of methoxy groups -OCH3 is 2. The van der Waals surface area contributed by atoms with Crippen LogP contribution in [-0.2, 0) is 0 Å². The first kappa shape index (κ1) is 24.3. The first-order chi connectivity index (χ1) is 17.6. The monoisotopic (exact) mass is 479 g/mol. The molecule has 0 aliphatic heterocycles. The number of carbonyl (C=O) groups is 2. The molecule has 0 saturated carbocycles. The number of hydrogen-bond acceptors (Lipinski definition) is 5. The van der Waals surface area contributed by atoms with Gasteiger partial charge in [0.05, 0.1) is 31.2 Å². The molecule has 36 heavy (non-hydrogen) atoms. The van der Waals surface area contributed by atoms with Gasteiger partial charge < -0.3 is 14.2 Å². The molecule has 0 aliphatic carbocycles. The molecule has 6 nitrogen and oxygen atoms in total. The number of ether oxygens (including phenoxy) is 3. The van der Waals surface area contributed by atoms with Gasteiger partial charge in [0.15, 0.2) is 5.78 Å². The van der Waals surface area contributed by atoms with Crippen LogP contribution >= 0.6 is 0 Å². The number of amides is 1. The van der Waals surface area contributed by atoms with E-state index in [-0.39, 0.29) is 5.78 Å². The number of para-hydroxylation sites is 2. The molecule has 1 amide bonds. The summed E-state index contributed by atoms with van der Waals surface area (Å²) < 4.78 is 16.2. The molecule has 180 valence electrons. The Balaban J connectivity index is 1.48. The standard InChI is InChI=1S/C30H25NO5/c1-34-26-18-20-29(35-2)27(21-26)28(32)19-15-22-13-16-25(17-14-22)36-30(33)31(23-9-5-3-6-10-23)24-11-7-4-8-12-24/h3-21H,1-2H3. The lowest BCUT2D eigenvalue weighted by atomic mass is 10.1. The maximum atomic E-state index is 13.1. The summed E-state index contributed by atoms with van der Waals surface area (Å²) in [4.78, 5) is 27.3. The van der Waals surface area contributed by atoms with Crippen LogP contribution in [0.25, 0.3) is 6.08 Å². The average molecular weight is 480 g/mol. The van der Waals surface area contributed by atoms with Crippen LogP contribution in [0.1, 0.15) is 15.9 Å². The molecular formula is C30H25NO5. The summed E-state index contributed by atoms with van der Waals surface area (Å²) in [5, 5.41) is 0. The van der Waals surface area contributed by atoms with Crippen LogP contribution in [0.15, 0.2) is 109 Å². The Kier molecular flexibility index (Phi) is 7.78. The van der Waals surface area contributed by atoms with Gasteiger partial charge in [-0.15, -0.1) is 0 Å². The van der Waals surface area contributed by atoms with Crippen molar-refractivity contribution in [2.45, 2.75) is 0 Å². The summed E-state index contributed by atoms with van der Waals surface area (Å²) >= 11 is 0. The van der Waals surface area contributed by atoms with E-state index in [0.29, 0.717) is 34.2 Å². The van der Waals surface area contributed by atoms with Crippen LogP contribution in [-0.4, -0.2) is 26.1 Å². The van der Waals surface area contributed by atoms with Crippen molar-refractivity contribution in [3.8, 4) is 17.2 Å². The quantitative estimate of drug-likeness (QED) is 0.202. The van der Waals surface area contributed by atoms with Gasteiger partial charge >= 0.3 is 6.09 Å². The topological polar surface area (TPSA) is 65.1 Å². The minimum Gasteiger partial charge on any atom is -0.497 e. The zero-order valence-electron chi connectivity index (χ0n) is 20.0. The fourth-order valence-electron chi connectivity index (χ4n) is 3.58. The SMILES string of the molecule is COc1ccc(OC)c(C(=O)C=Cc2ccc(OC(=O)N(c3ccccc3)c3ccccc3)cc2)c1. The molecule has 0 N–H and O–H groups in total. The van der Waals surface area contributed by atoms with Gasteiger partial charge in [-0.1, -0.05) is 54.6 Å². The van der Waals surface area contributed by atoms with E-state index in [1.165, 1.54) is 18.1 Å². The van der Waals surface area contributed by atoms with Gasteiger partial charge in [0, 0.05) is 0 Å².